The molecule has 2 fully saturated rings. The Labute approximate surface area is 190 Å². The van der Waals surface area contributed by atoms with E-state index in [0.717, 1.165) is 42.7 Å². The number of amides is 1. The quantitative estimate of drug-likeness (QED) is 0.502. The summed E-state index contributed by atoms with van der Waals surface area (Å²) in [5.74, 6) is 0.886. The lowest BCUT2D eigenvalue weighted by atomic mass is 9.50. The zero-order chi connectivity index (χ0) is 22.5. The van der Waals surface area contributed by atoms with Crippen LogP contribution in [-0.2, 0) is 10.2 Å². The van der Waals surface area contributed by atoms with E-state index in [-0.39, 0.29) is 23.2 Å². The number of carbonyl (C=O) groups excluding carboxylic acids is 1. The van der Waals surface area contributed by atoms with Crippen LogP contribution in [-0.4, -0.2) is 37.4 Å². The number of rotatable bonds is 6. The van der Waals surface area contributed by atoms with Crippen LogP contribution in [0.15, 0.2) is 40.9 Å². The summed E-state index contributed by atoms with van der Waals surface area (Å²) in [6.07, 6.45) is 5.20. The molecule has 5 rings (SSSR count). The second-order valence-corrected chi connectivity index (χ2v) is 10.6. The van der Waals surface area contributed by atoms with Gasteiger partial charge in [0.05, 0.1) is 0 Å². The number of fused-ring (bicyclic) bond motifs is 1. The van der Waals surface area contributed by atoms with Crippen LogP contribution in [0.3, 0.4) is 0 Å². The largest absolute Gasteiger partial charge is 0.440 e. The zero-order valence-corrected chi connectivity index (χ0v) is 18.8. The van der Waals surface area contributed by atoms with Gasteiger partial charge in [-0.2, -0.15) is 8.42 Å². The molecule has 0 atom stereocenters. The number of benzene rings is 1. The number of pyridine rings is 1. The van der Waals surface area contributed by atoms with Gasteiger partial charge >= 0.3 is 0 Å². The van der Waals surface area contributed by atoms with E-state index in [1.54, 1.807) is 18.2 Å². The summed E-state index contributed by atoms with van der Waals surface area (Å²) in [6, 6.07) is 8.50. The Morgan fingerprint density at radius 3 is 2.72 bits per heavy atom. The molecule has 3 aromatic rings. The predicted octanol–water partition coefficient (Wildman–Crippen LogP) is 3.21. The van der Waals surface area contributed by atoms with Crippen molar-refractivity contribution in [3.05, 3.63) is 53.0 Å². The van der Waals surface area contributed by atoms with Gasteiger partial charge in [-0.15, -0.1) is 0 Å². The lowest BCUT2D eigenvalue weighted by Gasteiger charge is -2.57. The van der Waals surface area contributed by atoms with Crippen molar-refractivity contribution in [3.8, 4) is 0 Å². The average molecular weight is 476 g/mol. The van der Waals surface area contributed by atoms with E-state index in [1.165, 1.54) is 19.3 Å². The van der Waals surface area contributed by atoms with E-state index in [2.05, 4.69) is 24.7 Å². The third-order valence-electron chi connectivity index (χ3n) is 6.30. The fraction of sp³-hybridized carbons (Fsp3) is 0.381. The number of hydrogen-bond acceptors (Lipinski definition) is 6. The van der Waals surface area contributed by atoms with Gasteiger partial charge in [0.1, 0.15) is 11.3 Å². The summed E-state index contributed by atoms with van der Waals surface area (Å²) < 4.78 is 33.5. The third-order valence-corrected chi connectivity index (χ3v) is 7.55. The molecule has 11 heteroatoms. The number of anilines is 1. The van der Waals surface area contributed by atoms with Crippen molar-refractivity contribution < 1.29 is 17.6 Å². The molecule has 168 valence electrons. The summed E-state index contributed by atoms with van der Waals surface area (Å²) >= 11 is 6.02. The molecule has 1 aromatic carbocycles. The molecule has 0 aliphatic heterocycles. The van der Waals surface area contributed by atoms with Crippen molar-refractivity contribution in [3.63, 3.8) is 0 Å². The zero-order valence-electron chi connectivity index (χ0n) is 17.3. The number of halogens is 1. The maximum absolute atomic E-state index is 12.6. The van der Waals surface area contributed by atoms with E-state index in [4.69, 9.17) is 16.0 Å². The van der Waals surface area contributed by atoms with Crippen LogP contribution in [0.2, 0.25) is 5.02 Å². The maximum atomic E-state index is 12.6. The number of nitrogens with zero attached hydrogens (tertiary/aromatic N) is 2. The Morgan fingerprint density at radius 2 is 1.97 bits per heavy atom. The van der Waals surface area contributed by atoms with Crippen molar-refractivity contribution in [2.24, 2.45) is 5.41 Å². The molecule has 2 heterocycles. The number of carbonyl (C=O) groups is 1. The first-order valence-electron chi connectivity index (χ1n) is 10.3. The fourth-order valence-electron chi connectivity index (χ4n) is 4.76. The maximum Gasteiger partial charge on any atom is 0.300 e. The average Bonchev–Trinajstić information content (AvgIpc) is 3.11. The molecule has 2 aliphatic rings. The van der Waals surface area contributed by atoms with E-state index >= 15 is 0 Å². The monoisotopic (exact) mass is 475 g/mol. The van der Waals surface area contributed by atoms with Crippen LogP contribution in [0.5, 0.6) is 0 Å². The van der Waals surface area contributed by atoms with Crippen LogP contribution >= 0.6 is 11.6 Å². The molecule has 0 radical (unpaired) electrons. The van der Waals surface area contributed by atoms with E-state index < -0.39 is 10.2 Å². The Morgan fingerprint density at radius 1 is 1.19 bits per heavy atom. The lowest BCUT2D eigenvalue weighted by molar-refractivity contribution is -0.0253. The lowest BCUT2D eigenvalue weighted by Crippen LogP contribution is -2.55. The number of hydrogen-bond donors (Lipinski definition) is 3. The summed E-state index contributed by atoms with van der Waals surface area (Å²) in [7, 11) is -2.41. The molecule has 0 unspecified atom stereocenters. The second kappa shape index (κ2) is 7.72. The molecule has 2 saturated carbocycles. The molecule has 0 bridgehead atoms. The van der Waals surface area contributed by atoms with E-state index in [0.29, 0.717) is 16.5 Å². The smallest absolute Gasteiger partial charge is 0.300 e. The Bertz CT molecular complexity index is 1290. The van der Waals surface area contributed by atoms with Crippen molar-refractivity contribution in [2.45, 2.75) is 37.6 Å². The summed E-state index contributed by atoms with van der Waals surface area (Å²) in [4.78, 5) is 21.1. The van der Waals surface area contributed by atoms with Gasteiger partial charge in [0, 0.05) is 35.8 Å². The Balaban J connectivity index is 1.15. The molecule has 2 aromatic heterocycles. The minimum absolute atomic E-state index is 0.0820. The summed E-state index contributed by atoms with van der Waals surface area (Å²) in [6.45, 7) is 0. The number of aromatic nitrogens is 2. The van der Waals surface area contributed by atoms with Gasteiger partial charge in [-0.25, -0.2) is 14.7 Å². The van der Waals surface area contributed by atoms with Crippen LogP contribution in [0.1, 0.15) is 47.8 Å². The van der Waals surface area contributed by atoms with Crippen LogP contribution in [0, 0.1) is 5.41 Å². The molecular formula is C21H22ClN5O4S. The first-order valence-corrected chi connectivity index (χ1v) is 12.1. The first-order chi connectivity index (χ1) is 15.2. The van der Waals surface area contributed by atoms with Gasteiger partial charge < -0.3 is 9.73 Å². The molecule has 32 heavy (non-hydrogen) atoms. The minimum Gasteiger partial charge on any atom is -0.440 e. The van der Waals surface area contributed by atoms with Gasteiger partial charge in [-0.05, 0) is 61.4 Å². The topological polar surface area (TPSA) is 126 Å². The summed E-state index contributed by atoms with van der Waals surface area (Å²) in [5.41, 5.74) is 2.11. The van der Waals surface area contributed by atoms with Crippen molar-refractivity contribution in [1.82, 2.24) is 20.0 Å². The van der Waals surface area contributed by atoms with Crippen molar-refractivity contribution >= 4 is 44.6 Å². The first kappa shape index (κ1) is 21.2. The normalized spacial score (nSPS) is 24.7. The van der Waals surface area contributed by atoms with Crippen LogP contribution in [0.4, 0.5) is 5.82 Å². The van der Waals surface area contributed by atoms with Crippen molar-refractivity contribution in [2.75, 3.05) is 11.8 Å². The van der Waals surface area contributed by atoms with Gasteiger partial charge in [0.25, 0.3) is 16.1 Å². The summed E-state index contributed by atoms with van der Waals surface area (Å²) in [5, 5.41) is 3.67. The SMILES string of the molecule is CNS(=O)(=O)Nc1cc(C(=O)NC2CC3(C2)CC(c2nc4cc(Cl)ccc4o2)C3)ccn1. The van der Waals surface area contributed by atoms with Crippen LogP contribution < -0.4 is 14.8 Å². The van der Waals surface area contributed by atoms with Gasteiger partial charge in [-0.3, -0.25) is 9.52 Å². The highest BCUT2D eigenvalue weighted by Gasteiger charge is 2.54. The molecule has 0 saturated heterocycles. The standard InChI is InChI=1S/C21H22ClN5O4S/c1-23-32(29,30)27-18-6-12(4-5-24-18)19(28)25-15-10-21(11-15)8-13(9-21)20-26-16-7-14(22)2-3-17(16)31-20/h2-7,13,15,23H,8-11H2,1H3,(H,24,27)(H,25,28). The van der Waals surface area contributed by atoms with Gasteiger partial charge in [0.15, 0.2) is 11.5 Å². The molecule has 1 spiro atoms. The number of nitrogens with one attached hydrogen (secondary N) is 3. The molecular weight excluding hydrogens is 454 g/mol. The molecule has 1 amide bonds. The molecule has 2 aliphatic carbocycles. The van der Waals surface area contributed by atoms with Crippen molar-refractivity contribution in [1.29, 1.82) is 0 Å². The van der Waals surface area contributed by atoms with E-state index in [9.17, 15) is 13.2 Å². The fourth-order valence-corrected chi connectivity index (χ4v) is 5.41. The highest BCUT2D eigenvalue weighted by molar-refractivity contribution is 7.90. The minimum atomic E-state index is -3.70. The van der Waals surface area contributed by atoms with Gasteiger partial charge in [-0.1, -0.05) is 11.6 Å². The highest BCUT2D eigenvalue weighted by atomic mass is 35.5. The molecule has 3 N–H and O–H groups in total. The Hall–Kier alpha value is -2.69. The predicted molar refractivity (Wildman–Crippen MR) is 120 cm³/mol. The van der Waals surface area contributed by atoms with Gasteiger partial charge in [0.2, 0.25) is 0 Å². The highest BCUT2D eigenvalue weighted by Crippen LogP contribution is 2.61. The second-order valence-electron chi connectivity index (χ2n) is 8.59. The molecule has 9 nitrogen and oxygen atoms in total. The van der Waals surface area contributed by atoms with Crippen LogP contribution in [0.25, 0.3) is 11.1 Å². The third kappa shape index (κ3) is 4.05. The number of oxazole rings is 1. The van der Waals surface area contributed by atoms with E-state index in [1.807, 2.05) is 6.07 Å². The Kier molecular flexibility index (Phi) is 5.11.